The predicted molar refractivity (Wildman–Crippen MR) is 66.5 cm³/mol. The number of rotatable bonds is 6. The van der Waals surface area contributed by atoms with Crippen molar-refractivity contribution in [2.75, 3.05) is 40.0 Å². The van der Waals surface area contributed by atoms with Crippen molar-refractivity contribution in [3.63, 3.8) is 0 Å². The molecule has 1 aliphatic rings. The van der Waals surface area contributed by atoms with Gasteiger partial charge in [-0.15, -0.1) is 0 Å². The molecule has 0 aromatic heterocycles. The van der Waals surface area contributed by atoms with E-state index in [1.54, 1.807) is 0 Å². The maximum absolute atomic E-state index is 9.59. The van der Waals surface area contributed by atoms with Crippen LogP contribution in [-0.2, 0) is 4.74 Å². The van der Waals surface area contributed by atoms with Crippen LogP contribution in [0, 0.1) is 11.3 Å². The second-order valence-electron chi connectivity index (χ2n) is 5.69. The zero-order valence-corrected chi connectivity index (χ0v) is 11.0. The lowest BCUT2D eigenvalue weighted by Crippen LogP contribution is -2.43. The van der Waals surface area contributed by atoms with Gasteiger partial charge in [0.1, 0.15) is 0 Å². The van der Waals surface area contributed by atoms with Crippen LogP contribution < -0.4 is 0 Å². The Kier molecular flexibility index (Phi) is 5.73. The Hall–Kier alpha value is -0.120. The molecule has 0 saturated carbocycles. The summed E-state index contributed by atoms with van der Waals surface area (Å²) in [5, 5.41) is 9.59. The Morgan fingerprint density at radius 2 is 1.94 bits per heavy atom. The molecule has 0 bridgehead atoms. The molecule has 96 valence electrons. The summed E-state index contributed by atoms with van der Waals surface area (Å²) in [4.78, 5) is 2.36. The smallest absolute Gasteiger partial charge is 0.0501 e. The van der Waals surface area contributed by atoms with E-state index in [1.807, 2.05) is 0 Å². The van der Waals surface area contributed by atoms with E-state index < -0.39 is 0 Å². The third-order valence-corrected chi connectivity index (χ3v) is 3.58. The average Bonchev–Trinajstić information content (AvgIpc) is 2.28. The van der Waals surface area contributed by atoms with Crippen molar-refractivity contribution in [2.45, 2.75) is 33.1 Å². The average molecular weight is 229 g/mol. The standard InChI is InChI=1S/C13H27NO2/c1-12(2)4-7-14(3)10-13(11-15)5-8-16-9-6-13/h12,15H,4-11H2,1-3H3. The van der Waals surface area contributed by atoms with Crippen molar-refractivity contribution in [2.24, 2.45) is 11.3 Å². The molecule has 0 atom stereocenters. The minimum Gasteiger partial charge on any atom is -0.396 e. The van der Waals surface area contributed by atoms with Crippen molar-refractivity contribution in [3.05, 3.63) is 0 Å². The molecule has 0 unspecified atom stereocenters. The third-order valence-electron chi connectivity index (χ3n) is 3.58. The van der Waals surface area contributed by atoms with Gasteiger partial charge >= 0.3 is 0 Å². The Bertz CT molecular complexity index is 188. The minimum atomic E-state index is 0.0873. The molecule has 3 nitrogen and oxygen atoms in total. The van der Waals surface area contributed by atoms with Crippen LogP contribution in [0.5, 0.6) is 0 Å². The van der Waals surface area contributed by atoms with Gasteiger partial charge < -0.3 is 14.7 Å². The van der Waals surface area contributed by atoms with E-state index in [2.05, 4.69) is 25.8 Å². The molecular formula is C13H27NO2. The molecule has 1 rings (SSSR count). The summed E-state index contributed by atoms with van der Waals surface area (Å²) in [5.74, 6) is 0.752. The van der Waals surface area contributed by atoms with Crippen LogP contribution in [0.1, 0.15) is 33.1 Å². The molecule has 1 saturated heterocycles. The van der Waals surface area contributed by atoms with E-state index in [9.17, 15) is 5.11 Å². The molecule has 16 heavy (non-hydrogen) atoms. The van der Waals surface area contributed by atoms with E-state index in [1.165, 1.54) is 6.42 Å². The Labute approximate surface area is 99.8 Å². The Morgan fingerprint density at radius 3 is 2.44 bits per heavy atom. The first-order valence-electron chi connectivity index (χ1n) is 6.45. The summed E-state index contributed by atoms with van der Waals surface area (Å²) < 4.78 is 5.38. The molecule has 0 amide bonds. The topological polar surface area (TPSA) is 32.7 Å². The van der Waals surface area contributed by atoms with Gasteiger partial charge in [0.15, 0.2) is 0 Å². The molecule has 1 N–H and O–H groups in total. The predicted octanol–water partition coefficient (Wildman–Crippen LogP) is 1.75. The molecular weight excluding hydrogens is 202 g/mol. The van der Waals surface area contributed by atoms with Gasteiger partial charge in [0.05, 0.1) is 6.61 Å². The number of hydrogen-bond acceptors (Lipinski definition) is 3. The number of ether oxygens (including phenoxy) is 1. The summed E-state index contributed by atoms with van der Waals surface area (Å²) in [6, 6.07) is 0. The highest BCUT2D eigenvalue weighted by molar-refractivity contribution is 4.84. The zero-order chi connectivity index (χ0) is 12.0. The molecule has 1 heterocycles. The van der Waals surface area contributed by atoms with Crippen LogP contribution in [0.4, 0.5) is 0 Å². The monoisotopic (exact) mass is 229 g/mol. The first kappa shape index (κ1) is 13.9. The van der Waals surface area contributed by atoms with Crippen molar-refractivity contribution in [3.8, 4) is 0 Å². The zero-order valence-electron chi connectivity index (χ0n) is 11.0. The SMILES string of the molecule is CC(C)CCN(C)CC1(CO)CCOCC1. The lowest BCUT2D eigenvalue weighted by molar-refractivity contribution is -0.0312. The molecule has 0 radical (unpaired) electrons. The number of aliphatic hydroxyl groups is 1. The van der Waals surface area contributed by atoms with E-state index >= 15 is 0 Å². The second kappa shape index (κ2) is 6.58. The highest BCUT2D eigenvalue weighted by Crippen LogP contribution is 2.30. The van der Waals surface area contributed by atoms with Gasteiger partial charge in [0, 0.05) is 25.2 Å². The normalized spacial score (nSPS) is 20.6. The largest absolute Gasteiger partial charge is 0.396 e. The molecule has 0 spiro atoms. The molecule has 1 fully saturated rings. The Morgan fingerprint density at radius 1 is 1.31 bits per heavy atom. The lowest BCUT2D eigenvalue weighted by Gasteiger charge is -2.38. The molecule has 1 aliphatic heterocycles. The maximum atomic E-state index is 9.59. The van der Waals surface area contributed by atoms with Crippen LogP contribution in [0.25, 0.3) is 0 Å². The number of hydrogen-bond donors (Lipinski definition) is 1. The van der Waals surface area contributed by atoms with Crippen LogP contribution >= 0.6 is 0 Å². The first-order chi connectivity index (χ1) is 7.58. The van der Waals surface area contributed by atoms with Gasteiger partial charge in [0.2, 0.25) is 0 Å². The van der Waals surface area contributed by atoms with Gasteiger partial charge in [0.25, 0.3) is 0 Å². The van der Waals surface area contributed by atoms with E-state index in [0.717, 1.165) is 45.1 Å². The van der Waals surface area contributed by atoms with Crippen molar-refractivity contribution < 1.29 is 9.84 Å². The number of aliphatic hydroxyl groups excluding tert-OH is 1. The summed E-state index contributed by atoms with van der Waals surface area (Å²) >= 11 is 0. The first-order valence-corrected chi connectivity index (χ1v) is 6.45. The molecule has 0 aromatic carbocycles. The second-order valence-corrected chi connectivity index (χ2v) is 5.69. The van der Waals surface area contributed by atoms with Crippen LogP contribution in [0.3, 0.4) is 0 Å². The van der Waals surface area contributed by atoms with E-state index in [4.69, 9.17) is 4.74 Å². The highest BCUT2D eigenvalue weighted by atomic mass is 16.5. The van der Waals surface area contributed by atoms with E-state index in [0.29, 0.717) is 6.61 Å². The summed E-state index contributed by atoms with van der Waals surface area (Å²) in [6.07, 6.45) is 3.22. The van der Waals surface area contributed by atoms with Gasteiger partial charge in [-0.05, 0) is 38.8 Å². The highest BCUT2D eigenvalue weighted by Gasteiger charge is 2.32. The summed E-state index contributed by atoms with van der Waals surface area (Å²) in [7, 11) is 2.16. The van der Waals surface area contributed by atoms with Crippen LogP contribution in [0.2, 0.25) is 0 Å². The fourth-order valence-electron chi connectivity index (χ4n) is 2.30. The fourth-order valence-corrected chi connectivity index (χ4v) is 2.30. The fraction of sp³-hybridized carbons (Fsp3) is 1.00. The van der Waals surface area contributed by atoms with Crippen molar-refractivity contribution >= 4 is 0 Å². The summed E-state index contributed by atoms with van der Waals surface area (Å²) in [5.41, 5.74) is 0.0873. The van der Waals surface area contributed by atoms with E-state index in [-0.39, 0.29) is 5.41 Å². The summed E-state index contributed by atoms with van der Waals surface area (Å²) in [6.45, 7) is 8.54. The van der Waals surface area contributed by atoms with Gasteiger partial charge in [-0.1, -0.05) is 13.8 Å². The molecule has 0 aliphatic carbocycles. The van der Waals surface area contributed by atoms with Gasteiger partial charge in [-0.25, -0.2) is 0 Å². The van der Waals surface area contributed by atoms with Gasteiger partial charge in [-0.3, -0.25) is 0 Å². The van der Waals surface area contributed by atoms with Crippen molar-refractivity contribution in [1.82, 2.24) is 4.90 Å². The lowest BCUT2D eigenvalue weighted by atomic mass is 9.80. The quantitative estimate of drug-likeness (QED) is 0.753. The Balaban J connectivity index is 2.36. The maximum Gasteiger partial charge on any atom is 0.0501 e. The molecule has 3 heteroatoms. The van der Waals surface area contributed by atoms with Crippen molar-refractivity contribution in [1.29, 1.82) is 0 Å². The van der Waals surface area contributed by atoms with Crippen LogP contribution in [0.15, 0.2) is 0 Å². The van der Waals surface area contributed by atoms with Crippen LogP contribution in [-0.4, -0.2) is 50.0 Å². The van der Waals surface area contributed by atoms with Gasteiger partial charge in [-0.2, -0.15) is 0 Å². The molecule has 0 aromatic rings. The number of nitrogens with zero attached hydrogens (tertiary/aromatic N) is 1. The minimum absolute atomic E-state index is 0.0873. The third kappa shape index (κ3) is 4.40.